The number of hydrogen-bond donors (Lipinski definition) is 0. The van der Waals surface area contributed by atoms with E-state index in [0.29, 0.717) is 23.6 Å². The van der Waals surface area contributed by atoms with Crippen LogP contribution < -0.4 is 9.47 Å². The highest BCUT2D eigenvalue weighted by atomic mass is 16.5. The number of nitrogens with zero attached hydrogens (tertiary/aromatic N) is 1. The summed E-state index contributed by atoms with van der Waals surface area (Å²) in [6.07, 6.45) is -0.482. The minimum absolute atomic E-state index is 0.352. The van der Waals surface area contributed by atoms with Gasteiger partial charge in [-0.1, -0.05) is 25.7 Å². The monoisotopic (exact) mass is 319 g/mol. The molecule has 0 saturated carbocycles. The van der Waals surface area contributed by atoms with Crippen LogP contribution >= 0.6 is 0 Å². The molecule has 23 heavy (non-hydrogen) atoms. The van der Waals surface area contributed by atoms with E-state index in [2.05, 4.69) is 30.6 Å². The molecule has 0 heterocycles. The molecule has 0 aliphatic heterocycles. The Bertz CT molecular complexity index is 570. The van der Waals surface area contributed by atoms with E-state index in [0.717, 1.165) is 13.1 Å². The standard InChI is InChI=1S/C18H25NO4/c1-6-19(7-2)12-8-9-14(3)23-18(20)16-11-10-15(21-4)13-17(16)22-5/h10-11,13-14H,6-7,12H2,1-5H3/t14-/m1/s1. The lowest BCUT2D eigenvalue weighted by Crippen LogP contribution is -2.23. The van der Waals surface area contributed by atoms with E-state index in [1.165, 1.54) is 7.11 Å². The molecule has 1 rings (SSSR count). The number of rotatable bonds is 7. The van der Waals surface area contributed by atoms with Gasteiger partial charge in [0.15, 0.2) is 6.10 Å². The maximum atomic E-state index is 12.2. The van der Waals surface area contributed by atoms with Crippen molar-refractivity contribution in [3.05, 3.63) is 23.8 Å². The summed E-state index contributed by atoms with van der Waals surface area (Å²) >= 11 is 0. The molecule has 5 nitrogen and oxygen atoms in total. The summed E-state index contributed by atoms with van der Waals surface area (Å²) in [6.45, 7) is 8.49. The minimum Gasteiger partial charge on any atom is -0.497 e. The van der Waals surface area contributed by atoms with Gasteiger partial charge in [-0.3, -0.25) is 4.90 Å². The van der Waals surface area contributed by atoms with Crippen LogP contribution in [0.15, 0.2) is 18.2 Å². The van der Waals surface area contributed by atoms with Gasteiger partial charge in [0.1, 0.15) is 17.1 Å². The Morgan fingerprint density at radius 1 is 1.22 bits per heavy atom. The Morgan fingerprint density at radius 2 is 1.91 bits per heavy atom. The highest BCUT2D eigenvalue weighted by molar-refractivity contribution is 5.93. The lowest BCUT2D eigenvalue weighted by molar-refractivity contribution is 0.0435. The second-order valence-electron chi connectivity index (χ2n) is 4.90. The first-order chi connectivity index (χ1) is 11.0. The molecule has 1 aromatic rings. The summed E-state index contributed by atoms with van der Waals surface area (Å²) in [5.74, 6) is 6.55. The van der Waals surface area contributed by atoms with Gasteiger partial charge in [-0.15, -0.1) is 0 Å². The van der Waals surface area contributed by atoms with Gasteiger partial charge in [0.2, 0.25) is 0 Å². The van der Waals surface area contributed by atoms with Gasteiger partial charge in [0, 0.05) is 6.07 Å². The largest absolute Gasteiger partial charge is 0.497 e. The van der Waals surface area contributed by atoms with E-state index >= 15 is 0 Å². The zero-order valence-corrected chi connectivity index (χ0v) is 14.5. The van der Waals surface area contributed by atoms with Crippen LogP contribution in [0.2, 0.25) is 0 Å². The van der Waals surface area contributed by atoms with Gasteiger partial charge >= 0.3 is 5.97 Å². The average Bonchev–Trinajstić information content (AvgIpc) is 2.57. The third-order valence-corrected chi connectivity index (χ3v) is 3.41. The van der Waals surface area contributed by atoms with E-state index in [1.807, 2.05) is 0 Å². The number of esters is 1. The van der Waals surface area contributed by atoms with Crippen LogP contribution in [0.1, 0.15) is 31.1 Å². The first-order valence-electron chi connectivity index (χ1n) is 7.69. The molecule has 0 amide bonds. The zero-order chi connectivity index (χ0) is 17.2. The molecule has 0 saturated heterocycles. The molecular formula is C18H25NO4. The number of methoxy groups -OCH3 is 2. The number of carbonyl (C=O) groups is 1. The Hall–Kier alpha value is -2.19. The number of ether oxygens (including phenoxy) is 3. The number of hydrogen-bond acceptors (Lipinski definition) is 5. The normalized spacial score (nSPS) is 11.4. The van der Waals surface area contributed by atoms with Crippen molar-refractivity contribution in [3.8, 4) is 23.3 Å². The topological polar surface area (TPSA) is 48.0 Å². The molecule has 5 heteroatoms. The van der Waals surface area contributed by atoms with Crippen molar-refractivity contribution in [2.24, 2.45) is 0 Å². The summed E-state index contributed by atoms with van der Waals surface area (Å²) in [5.41, 5.74) is 0.352. The Labute approximate surface area is 138 Å². The van der Waals surface area contributed by atoms with Crippen LogP contribution in [0.25, 0.3) is 0 Å². The Balaban J connectivity index is 2.70. The molecule has 0 aromatic heterocycles. The van der Waals surface area contributed by atoms with E-state index in [4.69, 9.17) is 14.2 Å². The molecule has 0 spiro atoms. The van der Waals surface area contributed by atoms with Crippen LogP contribution in [-0.2, 0) is 4.74 Å². The van der Waals surface area contributed by atoms with Gasteiger partial charge in [0.05, 0.1) is 20.8 Å². The summed E-state index contributed by atoms with van der Waals surface area (Å²) in [6, 6.07) is 4.96. The van der Waals surface area contributed by atoms with Crippen molar-refractivity contribution in [1.82, 2.24) is 4.90 Å². The first-order valence-corrected chi connectivity index (χ1v) is 7.69. The summed E-state index contributed by atoms with van der Waals surface area (Å²) < 4.78 is 15.7. The highest BCUT2D eigenvalue weighted by Crippen LogP contribution is 2.25. The molecule has 1 atom stereocenters. The van der Waals surface area contributed by atoms with Crippen LogP contribution in [0.5, 0.6) is 11.5 Å². The van der Waals surface area contributed by atoms with E-state index in [1.54, 1.807) is 32.2 Å². The van der Waals surface area contributed by atoms with Crippen molar-refractivity contribution < 1.29 is 19.0 Å². The molecule has 0 radical (unpaired) electrons. The second-order valence-corrected chi connectivity index (χ2v) is 4.90. The van der Waals surface area contributed by atoms with Crippen molar-refractivity contribution in [2.75, 3.05) is 33.9 Å². The summed E-state index contributed by atoms with van der Waals surface area (Å²) in [7, 11) is 3.05. The van der Waals surface area contributed by atoms with Gasteiger partial charge < -0.3 is 14.2 Å². The fourth-order valence-electron chi connectivity index (χ4n) is 1.97. The molecule has 0 fully saturated rings. The van der Waals surface area contributed by atoms with Gasteiger partial charge in [-0.25, -0.2) is 4.79 Å². The highest BCUT2D eigenvalue weighted by Gasteiger charge is 2.16. The number of carbonyl (C=O) groups excluding carboxylic acids is 1. The van der Waals surface area contributed by atoms with Gasteiger partial charge in [-0.05, 0) is 32.1 Å². The Morgan fingerprint density at radius 3 is 2.48 bits per heavy atom. The average molecular weight is 319 g/mol. The second kappa shape index (κ2) is 9.75. The van der Waals surface area contributed by atoms with Gasteiger partial charge in [-0.2, -0.15) is 0 Å². The van der Waals surface area contributed by atoms with E-state index in [-0.39, 0.29) is 0 Å². The quantitative estimate of drug-likeness (QED) is 0.571. The fraction of sp³-hybridized carbons (Fsp3) is 0.500. The van der Waals surface area contributed by atoms with Crippen molar-refractivity contribution in [3.63, 3.8) is 0 Å². The maximum Gasteiger partial charge on any atom is 0.343 e. The number of benzene rings is 1. The molecule has 0 N–H and O–H groups in total. The SMILES string of the molecule is CCN(CC)CC#C[C@@H](C)OC(=O)c1ccc(OC)cc1OC. The first kappa shape index (κ1) is 18.9. The van der Waals surface area contributed by atoms with Crippen LogP contribution in [0.3, 0.4) is 0 Å². The molecule has 0 unspecified atom stereocenters. The lowest BCUT2D eigenvalue weighted by atomic mass is 10.2. The molecule has 126 valence electrons. The van der Waals surface area contributed by atoms with E-state index < -0.39 is 12.1 Å². The third-order valence-electron chi connectivity index (χ3n) is 3.41. The van der Waals surface area contributed by atoms with Gasteiger partial charge in [0.25, 0.3) is 0 Å². The van der Waals surface area contributed by atoms with Crippen molar-refractivity contribution >= 4 is 5.97 Å². The predicted molar refractivity (Wildman–Crippen MR) is 90.0 cm³/mol. The third kappa shape index (κ3) is 5.84. The summed E-state index contributed by atoms with van der Waals surface area (Å²) in [5, 5.41) is 0. The molecule has 0 aliphatic rings. The maximum absolute atomic E-state index is 12.2. The minimum atomic E-state index is -0.482. The Kier molecular flexibility index (Phi) is 8.00. The molecule has 1 aromatic carbocycles. The molecule has 0 bridgehead atoms. The fourth-order valence-corrected chi connectivity index (χ4v) is 1.97. The molecular weight excluding hydrogens is 294 g/mol. The van der Waals surface area contributed by atoms with Crippen LogP contribution in [0, 0.1) is 11.8 Å². The summed E-state index contributed by atoms with van der Waals surface area (Å²) in [4.78, 5) is 14.4. The van der Waals surface area contributed by atoms with Crippen molar-refractivity contribution in [2.45, 2.75) is 26.9 Å². The zero-order valence-electron chi connectivity index (χ0n) is 14.5. The van der Waals surface area contributed by atoms with E-state index in [9.17, 15) is 4.79 Å². The predicted octanol–water partition coefficient (Wildman–Crippen LogP) is 2.59. The van der Waals surface area contributed by atoms with Crippen molar-refractivity contribution in [1.29, 1.82) is 0 Å². The lowest BCUT2D eigenvalue weighted by Gasteiger charge is -2.14. The smallest absolute Gasteiger partial charge is 0.343 e. The van der Waals surface area contributed by atoms with Crippen LogP contribution in [-0.4, -0.2) is 50.8 Å². The molecule has 0 aliphatic carbocycles. The van der Waals surface area contributed by atoms with Crippen LogP contribution in [0.4, 0.5) is 0 Å².